The van der Waals surface area contributed by atoms with E-state index in [-0.39, 0.29) is 0 Å². The van der Waals surface area contributed by atoms with Crippen molar-refractivity contribution in [2.24, 2.45) is 0 Å². The first kappa shape index (κ1) is 12.3. The second-order valence-electron chi connectivity index (χ2n) is 4.80. The molecule has 0 bridgehead atoms. The Bertz CT molecular complexity index is 969. The quantitative estimate of drug-likeness (QED) is 0.572. The first-order chi connectivity index (χ1) is 10.2. The predicted octanol–water partition coefficient (Wildman–Crippen LogP) is 3.89. The summed E-state index contributed by atoms with van der Waals surface area (Å²) in [5, 5.41) is 1.05. The van der Waals surface area contributed by atoms with E-state index in [0.717, 1.165) is 32.3 Å². The van der Waals surface area contributed by atoms with Crippen LogP contribution in [0, 0.1) is 0 Å². The van der Waals surface area contributed by atoms with Gasteiger partial charge in [-0.05, 0) is 40.2 Å². The lowest BCUT2D eigenvalue weighted by molar-refractivity contribution is 1.18. The molecule has 0 amide bonds. The maximum atomic E-state index is 6.29. The van der Waals surface area contributed by atoms with Crippen LogP contribution in [0.5, 0.6) is 0 Å². The van der Waals surface area contributed by atoms with Crippen LogP contribution in [0.15, 0.2) is 59.3 Å². The number of halogens is 1. The van der Waals surface area contributed by atoms with E-state index < -0.39 is 0 Å². The summed E-state index contributed by atoms with van der Waals surface area (Å²) < 4.78 is 2.85. The molecule has 0 spiro atoms. The van der Waals surface area contributed by atoms with Crippen LogP contribution in [0.1, 0.15) is 0 Å². The van der Waals surface area contributed by atoms with Crippen molar-refractivity contribution in [2.75, 3.05) is 5.73 Å². The van der Waals surface area contributed by atoms with Crippen molar-refractivity contribution in [1.29, 1.82) is 0 Å². The van der Waals surface area contributed by atoms with Crippen molar-refractivity contribution >= 4 is 38.3 Å². The lowest BCUT2D eigenvalue weighted by atomic mass is 10.1. The molecule has 0 saturated heterocycles. The third-order valence-electron chi connectivity index (χ3n) is 3.52. The van der Waals surface area contributed by atoms with Gasteiger partial charge in [-0.25, -0.2) is 4.98 Å². The fraction of sp³-hybridized carbons (Fsp3) is 0. The standard InChI is InChI=1S/C16H11BrN4/c17-10-5-6-14-20-15(16(18)21(14)9-10)12-7-8-19-13-4-2-1-3-11(12)13/h1-9H,18H2. The van der Waals surface area contributed by atoms with Gasteiger partial charge in [0.2, 0.25) is 0 Å². The minimum Gasteiger partial charge on any atom is -0.383 e. The second-order valence-corrected chi connectivity index (χ2v) is 5.71. The number of nitrogen functional groups attached to an aromatic ring is 1. The van der Waals surface area contributed by atoms with Gasteiger partial charge in [0.05, 0.1) is 5.52 Å². The molecule has 21 heavy (non-hydrogen) atoms. The number of hydrogen-bond donors (Lipinski definition) is 1. The molecule has 3 heterocycles. The van der Waals surface area contributed by atoms with E-state index >= 15 is 0 Å². The van der Waals surface area contributed by atoms with E-state index in [2.05, 4.69) is 25.9 Å². The molecule has 4 rings (SSSR count). The van der Waals surface area contributed by atoms with E-state index in [4.69, 9.17) is 5.73 Å². The van der Waals surface area contributed by atoms with Crippen LogP contribution >= 0.6 is 15.9 Å². The van der Waals surface area contributed by atoms with Gasteiger partial charge in [-0.15, -0.1) is 0 Å². The van der Waals surface area contributed by atoms with Gasteiger partial charge >= 0.3 is 0 Å². The predicted molar refractivity (Wildman–Crippen MR) is 88.0 cm³/mol. The van der Waals surface area contributed by atoms with E-state index in [1.807, 2.05) is 53.1 Å². The van der Waals surface area contributed by atoms with Crippen LogP contribution in [0.4, 0.5) is 5.82 Å². The number of nitrogens with two attached hydrogens (primary N) is 1. The van der Waals surface area contributed by atoms with E-state index in [1.54, 1.807) is 6.20 Å². The third kappa shape index (κ3) is 1.89. The maximum Gasteiger partial charge on any atom is 0.139 e. The summed E-state index contributed by atoms with van der Waals surface area (Å²) in [5.41, 5.74) is 9.84. The van der Waals surface area contributed by atoms with Crippen molar-refractivity contribution in [3.8, 4) is 11.3 Å². The normalized spacial score (nSPS) is 11.3. The van der Waals surface area contributed by atoms with Crippen LogP contribution in [0.2, 0.25) is 0 Å². The van der Waals surface area contributed by atoms with E-state index in [0.29, 0.717) is 5.82 Å². The third-order valence-corrected chi connectivity index (χ3v) is 3.99. The van der Waals surface area contributed by atoms with Gasteiger partial charge in [-0.2, -0.15) is 0 Å². The van der Waals surface area contributed by atoms with Crippen LogP contribution in [0.25, 0.3) is 27.8 Å². The number of fused-ring (bicyclic) bond motifs is 2. The molecular weight excluding hydrogens is 328 g/mol. The molecule has 1 aromatic carbocycles. The Morgan fingerprint density at radius 3 is 2.81 bits per heavy atom. The number of anilines is 1. The molecule has 0 unspecified atom stereocenters. The molecular formula is C16H11BrN4. The zero-order valence-corrected chi connectivity index (χ0v) is 12.6. The molecule has 0 radical (unpaired) electrons. The van der Waals surface area contributed by atoms with Crippen LogP contribution in [0.3, 0.4) is 0 Å². The van der Waals surface area contributed by atoms with Crippen LogP contribution in [-0.4, -0.2) is 14.4 Å². The molecule has 4 aromatic rings. The number of aromatic nitrogens is 3. The molecule has 102 valence electrons. The molecule has 3 aromatic heterocycles. The monoisotopic (exact) mass is 338 g/mol. The Kier molecular flexibility index (Phi) is 2.68. The van der Waals surface area contributed by atoms with Crippen LogP contribution < -0.4 is 5.73 Å². The highest BCUT2D eigenvalue weighted by molar-refractivity contribution is 9.10. The molecule has 0 aliphatic heterocycles. The first-order valence-corrected chi connectivity index (χ1v) is 7.30. The molecule has 2 N–H and O–H groups in total. The van der Waals surface area contributed by atoms with Crippen molar-refractivity contribution in [3.05, 3.63) is 59.3 Å². The van der Waals surface area contributed by atoms with Gasteiger partial charge in [-0.3, -0.25) is 9.38 Å². The van der Waals surface area contributed by atoms with Crippen molar-refractivity contribution < 1.29 is 0 Å². The van der Waals surface area contributed by atoms with Crippen molar-refractivity contribution in [2.45, 2.75) is 0 Å². The number of hydrogen-bond acceptors (Lipinski definition) is 3. The Balaban J connectivity index is 2.07. The highest BCUT2D eigenvalue weighted by Gasteiger charge is 2.14. The fourth-order valence-corrected chi connectivity index (χ4v) is 2.87. The number of benzene rings is 1. The SMILES string of the molecule is Nc1c(-c2ccnc3ccccc23)nc2ccc(Br)cn12. The molecule has 0 fully saturated rings. The minimum atomic E-state index is 0.627. The zero-order chi connectivity index (χ0) is 14.4. The summed E-state index contributed by atoms with van der Waals surface area (Å²) in [6, 6.07) is 13.8. The van der Waals surface area contributed by atoms with E-state index in [9.17, 15) is 0 Å². The molecule has 0 saturated carbocycles. The zero-order valence-electron chi connectivity index (χ0n) is 11.0. The largest absolute Gasteiger partial charge is 0.383 e. The number of rotatable bonds is 1. The number of imidazole rings is 1. The van der Waals surface area contributed by atoms with Gasteiger partial charge in [0.1, 0.15) is 17.2 Å². The molecule has 5 heteroatoms. The Hall–Kier alpha value is -2.40. The summed E-state index contributed by atoms with van der Waals surface area (Å²) in [6.07, 6.45) is 3.71. The maximum absolute atomic E-state index is 6.29. The van der Waals surface area contributed by atoms with Crippen LogP contribution in [-0.2, 0) is 0 Å². The van der Waals surface area contributed by atoms with Crippen molar-refractivity contribution in [3.63, 3.8) is 0 Å². The highest BCUT2D eigenvalue weighted by atomic mass is 79.9. The van der Waals surface area contributed by atoms with Gasteiger partial charge in [0, 0.05) is 27.8 Å². The van der Waals surface area contributed by atoms with Gasteiger partial charge < -0.3 is 5.73 Å². The highest BCUT2D eigenvalue weighted by Crippen LogP contribution is 2.32. The summed E-state index contributed by atoms with van der Waals surface area (Å²) in [6.45, 7) is 0. The second kappa shape index (κ2) is 4.56. The minimum absolute atomic E-state index is 0.627. The van der Waals surface area contributed by atoms with Gasteiger partial charge in [0.25, 0.3) is 0 Å². The Morgan fingerprint density at radius 2 is 1.90 bits per heavy atom. The summed E-state index contributed by atoms with van der Waals surface area (Å²) in [7, 11) is 0. The summed E-state index contributed by atoms with van der Waals surface area (Å²) >= 11 is 3.46. The first-order valence-electron chi connectivity index (χ1n) is 6.51. The molecule has 0 aliphatic carbocycles. The van der Waals surface area contributed by atoms with Crippen molar-refractivity contribution in [1.82, 2.24) is 14.4 Å². The number of pyridine rings is 2. The van der Waals surface area contributed by atoms with Gasteiger partial charge in [0.15, 0.2) is 0 Å². The van der Waals surface area contributed by atoms with Gasteiger partial charge in [-0.1, -0.05) is 18.2 Å². The number of para-hydroxylation sites is 1. The van der Waals surface area contributed by atoms with E-state index in [1.165, 1.54) is 0 Å². The summed E-state index contributed by atoms with van der Waals surface area (Å²) in [4.78, 5) is 9.05. The lowest BCUT2D eigenvalue weighted by Crippen LogP contribution is -1.94. The Morgan fingerprint density at radius 1 is 1.05 bits per heavy atom. The Labute approximate surface area is 129 Å². The smallest absolute Gasteiger partial charge is 0.139 e. The average Bonchev–Trinajstić information content (AvgIpc) is 2.83. The molecule has 4 nitrogen and oxygen atoms in total. The fourth-order valence-electron chi connectivity index (χ4n) is 2.54. The molecule has 0 aliphatic rings. The lowest BCUT2D eigenvalue weighted by Gasteiger charge is -2.04. The topological polar surface area (TPSA) is 56.2 Å². The number of nitrogens with zero attached hydrogens (tertiary/aromatic N) is 3. The average molecular weight is 339 g/mol. The summed E-state index contributed by atoms with van der Waals surface area (Å²) in [5.74, 6) is 0.627. The molecule has 0 atom stereocenters.